The van der Waals surface area contributed by atoms with Gasteiger partial charge in [0.2, 0.25) is 0 Å². The van der Waals surface area contributed by atoms with Crippen LogP contribution in [0.2, 0.25) is 0 Å². The number of aryl methyl sites for hydroxylation is 1. The molecule has 2 rings (SSSR count). The van der Waals surface area contributed by atoms with Crippen LogP contribution in [-0.4, -0.2) is 34.1 Å². The molecule has 128 valence electrons. The van der Waals surface area contributed by atoms with E-state index < -0.39 is 18.2 Å². The van der Waals surface area contributed by atoms with Crippen LogP contribution >= 0.6 is 0 Å². The Kier molecular flexibility index (Phi) is 5.46. The van der Waals surface area contributed by atoms with Gasteiger partial charge in [-0.2, -0.15) is 0 Å². The summed E-state index contributed by atoms with van der Waals surface area (Å²) >= 11 is 0. The van der Waals surface area contributed by atoms with Gasteiger partial charge in [-0.1, -0.05) is 12.8 Å². The third kappa shape index (κ3) is 3.93. The van der Waals surface area contributed by atoms with Gasteiger partial charge in [0.1, 0.15) is 5.69 Å². The number of aliphatic hydroxyl groups excluding tert-OH is 1. The molecule has 2 atom stereocenters. The van der Waals surface area contributed by atoms with Gasteiger partial charge in [0.15, 0.2) is 6.10 Å². The molecule has 0 aliphatic heterocycles. The maximum Gasteiger partial charge on any atom is 0.355 e. The molecule has 1 heterocycles. The van der Waals surface area contributed by atoms with Crippen LogP contribution in [0.4, 0.5) is 0 Å². The van der Waals surface area contributed by atoms with E-state index in [2.05, 4.69) is 10.3 Å². The third-order valence-corrected chi connectivity index (χ3v) is 4.47. The minimum absolute atomic E-state index is 0.194. The van der Waals surface area contributed by atoms with Crippen molar-refractivity contribution in [3.63, 3.8) is 0 Å². The van der Waals surface area contributed by atoms with Crippen LogP contribution in [0.5, 0.6) is 0 Å². The van der Waals surface area contributed by atoms with Crippen molar-refractivity contribution in [2.75, 3.05) is 0 Å². The molecule has 0 unspecified atom stereocenters. The second-order valence-corrected chi connectivity index (χ2v) is 6.38. The zero-order valence-corrected chi connectivity index (χ0v) is 14.2. The van der Waals surface area contributed by atoms with E-state index in [0.29, 0.717) is 16.8 Å². The highest BCUT2D eigenvalue weighted by molar-refractivity contribution is 5.92. The summed E-state index contributed by atoms with van der Waals surface area (Å²) in [6.45, 7) is 6.77. The Morgan fingerprint density at radius 1 is 1.26 bits per heavy atom. The van der Waals surface area contributed by atoms with E-state index >= 15 is 0 Å². The van der Waals surface area contributed by atoms with Crippen molar-refractivity contribution in [2.45, 2.75) is 71.6 Å². The Hall–Kier alpha value is -1.82. The summed E-state index contributed by atoms with van der Waals surface area (Å²) < 4.78 is 5.27. The number of esters is 1. The standard InChI is InChI=1S/C17H26N2O4/c1-9-14(11(3)20)10(2)18-15(9)17(22)23-12(4)16(21)19-13-7-5-6-8-13/h11-13,18,20H,5-8H2,1-4H3,(H,19,21)/t11-,12+/m1/s1. The Bertz CT molecular complexity index is 586. The molecule has 1 aromatic heterocycles. The second-order valence-electron chi connectivity index (χ2n) is 6.38. The van der Waals surface area contributed by atoms with E-state index in [1.54, 1.807) is 27.7 Å². The van der Waals surface area contributed by atoms with Crippen molar-refractivity contribution in [3.05, 3.63) is 22.5 Å². The molecule has 1 fully saturated rings. The number of rotatable bonds is 5. The molecule has 0 spiro atoms. The number of hydrogen-bond donors (Lipinski definition) is 3. The van der Waals surface area contributed by atoms with Crippen LogP contribution in [0.1, 0.15) is 72.9 Å². The van der Waals surface area contributed by atoms with E-state index in [0.717, 1.165) is 31.4 Å². The van der Waals surface area contributed by atoms with Crippen molar-refractivity contribution in [2.24, 2.45) is 0 Å². The molecule has 1 saturated carbocycles. The average Bonchev–Trinajstić information content (AvgIpc) is 3.06. The molecule has 6 heteroatoms. The third-order valence-electron chi connectivity index (χ3n) is 4.47. The number of amides is 1. The van der Waals surface area contributed by atoms with Gasteiger partial charge in [-0.05, 0) is 46.1 Å². The first kappa shape index (κ1) is 17.5. The van der Waals surface area contributed by atoms with E-state index in [-0.39, 0.29) is 11.9 Å². The molecule has 23 heavy (non-hydrogen) atoms. The predicted molar refractivity (Wildman–Crippen MR) is 86.2 cm³/mol. The fraction of sp³-hybridized carbons (Fsp3) is 0.647. The molecule has 0 bridgehead atoms. The summed E-state index contributed by atoms with van der Waals surface area (Å²) in [6.07, 6.45) is 2.71. The molecule has 0 saturated heterocycles. The summed E-state index contributed by atoms with van der Waals surface area (Å²) in [5, 5.41) is 12.7. The van der Waals surface area contributed by atoms with Gasteiger partial charge < -0.3 is 20.1 Å². The normalized spacial score (nSPS) is 17.8. The van der Waals surface area contributed by atoms with Crippen LogP contribution in [0, 0.1) is 13.8 Å². The number of nitrogens with one attached hydrogen (secondary N) is 2. The molecule has 3 N–H and O–H groups in total. The fourth-order valence-electron chi connectivity index (χ4n) is 3.26. The summed E-state index contributed by atoms with van der Waals surface area (Å²) in [5.74, 6) is -0.839. The summed E-state index contributed by atoms with van der Waals surface area (Å²) in [7, 11) is 0. The van der Waals surface area contributed by atoms with E-state index in [9.17, 15) is 14.7 Å². The van der Waals surface area contributed by atoms with Crippen molar-refractivity contribution < 1.29 is 19.4 Å². The smallest absolute Gasteiger partial charge is 0.355 e. The summed E-state index contributed by atoms with van der Waals surface area (Å²) in [4.78, 5) is 27.3. The Morgan fingerprint density at radius 2 is 1.87 bits per heavy atom. The maximum atomic E-state index is 12.3. The van der Waals surface area contributed by atoms with Gasteiger partial charge in [-0.3, -0.25) is 4.79 Å². The molecule has 1 amide bonds. The molecular weight excluding hydrogens is 296 g/mol. The highest BCUT2D eigenvalue weighted by atomic mass is 16.5. The fourth-order valence-corrected chi connectivity index (χ4v) is 3.26. The molecule has 1 aliphatic carbocycles. The van der Waals surface area contributed by atoms with E-state index in [4.69, 9.17) is 4.74 Å². The van der Waals surface area contributed by atoms with Crippen LogP contribution in [0.15, 0.2) is 0 Å². The molecule has 1 aromatic rings. The quantitative estimate of drug-likeness (QED) is 0.725. The van der Waals surface area contributed by atoms with Gasteiger partial charge in [0.25, 0.3) is 5.91 Å². The number of carbonyl (C=O) groups excluding carboxylic acids is 2. The van der Waals surface area contributed by atoms with Crippen LogP contribution in [-0.2, 0) is 9.53 Å². The molecular formula is C17H26N2O4. The number of aliphatic hydroxyl groups is 1. The van der Waals surface area contributed by atoms with Crippen molar-refractivity contribution in [1.29, 1.82) is 0 Å². The predicted octanol–water partition coefficient (Wildman–Crippen LogP) is 2.29. The lowest BCUT2D eigenvalue weighted by Gasteiger charge is -2.17. The number of carbonyl (C=O) groups is 2. The summed E-state index contributed by atoms with van der Waals surface area (Å²) in [6, 6.07) is 0.194. The first-order chi connectivity index (χ1) is 10.8. The van der Waals surface area contributed by atoms with Crippen molar-refractivity contribution >= 4 is 11.9 Å². The minimum atomic E-state index is -0.846. The largest absolute Gasteiger partial charge is 0.448 e. The van der Waals surface area contributed by atoms with Crippen LogP contribution in [0.3, 0.4) is 0 Å². The average molecular weight is 322 g/mol. The summed E-state index contributed by atoms with van der Waals surface area (Å²) in [5.41, 5.74) is 2.37. The number of aromatic nitrogens is 1. The van der Waals surface area contributed by atoms with E-state index in [1.807, 2.05) is 0 Å². The lowest BCUT2D eigenvalue weighted by molar-refractivity contribution is -0.129. The lowest BCUT2D eigenvalue weighted by Crippen LogP contribution is -2.40. The Morgan fingerprint density at radius 3 is 2.39 bits per heavy atom. The first-order valence-electron chi connectivity index (χ1n) is 8.19. The number of aromatic amines is 1. The Balaban J connectivity index is 2.00. The van der Waals surface area contributed by atoms with Crippen molar-refractivity contribution in [3.8, 4) is 0 Å². The van der Waals surface area contributed by atoms with Gasteiger partial charge in [-0.25, -0.2) is 4.79 Å². The Labute approximate surface area is 136 Å². The van der Waals surface area contributed by atoms with Gasteiger partial charge >= 0.3 is 5.97 Å². The number of H-pyrrole nitrogens is 1. The topological polar surface area (TPSA) is 91.4 Å². The maximum absolute atomic E-state index is 12.3. The zero-order chi connectivity index (χ0) is 17.1. The minimum Gasteiger partial charge on any atom is -0.448 e. The number of hydrogen-bond acceptors (Lipinski definition) is 4. The molecule has 0 aromatic carbocycles. The van der Waals surface area contributed by atoms with Gasteiger partial charge in [0.05, 0.1) is 6.10 Å². The second kappa shape index (κ2) is 7.17. The SMILES string of the molecule is Cc1[nH]c(C(=O)O[C@@H](C)C(=O)NC2CCCC2)c(C)c1[C@@H](C)O. The van der Waals surface area contributed by atoms with Crippen LogP contribution < -0.4 is 5.32 Å². The van der Waals surface area contributed by atoms with Crippen LogP contribution in [0.25, 0.3) is 0 Å². The zero-order valence-electron chi connectivity index (χ0n) is 14.2. The highest BCUT2D eigenvalue weighted by Crippen LogP contribution is 2.25. The highest BCUT2D eigenvalue weighted by Gasteiger charge is 2.26. The number of ether oxygens (including phenoxy) is 1. The van der Waals surface area contributed by atoms with Gasteiger partial charge in [-0.15, -0.1) is 0 Å². The van der Waals surface area contributed by atoms with Crippen molar-refractivity contribution in [1.82, 2.24) is 10.3 Å². The monoisotopic (exact) mass is 322 g/mol. The lowest BCUT2D eigenvalue weighted by atomic mass is 10.1. The molecule has 1 aliphatic rings. The molecule has 0 radical (unpaired) electrons. The van der Waals surface area contributed by atoms with E-state index in [1.165, 1.54) is 0 Å². The molecule has 6 nitrogen and oxygen atoms in total. The first-order valence-corrected chi connectivity index (χ1v) is 8.19. The van der Waals surface area contributed by atoms with Gasteiger partial charge in [0, 0.05) is 17.3 Å².